The number of fused-ring (bicyclic) bond motifs is 3. The third-order valence-corrected chi connectivity index (χ3v) is 7.35. The second-order valence-electron chi connectivity index (χ2n) is 9.90. The van der Waals surface area contributed by atoms with E-state index >= 15 is 0 Å². The lowest BCUT2D eigenvalue weighted by molar-refractivity contribution is -0.143. The molecule has 1 aliphatic rings. The average molecular weight is 498 g/mol. The van der Waals surface area contributed by atoms with Gasteiger partial charge in [0.05, 0.1) is 0 Å². The van der Waals surface area contributed by atoms with Crippen LogP contribution in [0.2, 0.25) is 0 Å². The zero-order valence-corrected chi connectivity index (χ0v) is 21.1. The summed E-state index contributed by atoms with van der Waals surface area (Å²) in [6, 6.07) is 39.1. The van der Waals surface area contributed by atoms with Gasteiger partial charge in [0.2, 0.25) is 0 Å². The fourth-order valence-corrected chi connectivity index (χ4v) is 5.60. The molecule has 2 atom stereocenters. The molecule has 0 radical (unpaired) electrons. The highest BCUT2D eigenvalue weighted by Crippen LogP contribution is 2.48. The third-order valence-electron chi connectivity index (χ3n) is 7.35. The lowest BCUT2D eigenvalue weighted by atomic mass is 9.69. The van der Waals surface area contributed by atoms with Gasteiger partial charge in [-0.05, 0) is 35.6 Å². The van der Waals surface area contributed by atoms with E-state index in [0.29, 0.717) is 11.3 Å². The van der Waals surface area contributed by atoms with Crippen molar-refractivity contribution >= 4 is 22.6 Å². The number of carbonyl (C=O) groups excluding carboxylic acids is 2. The van der Waals surface area contributed by atoms with Gasteiger partial charge in [0.25, 0.3) is 5.91 Å². The van der Waals surface area contributed by atoms with Gasteiger partial charge in [-0.3, -0.25) is 4.79 Å². The van der Waals surface area contributed by atoms with E-state index in [0.717, 1.165) is 33.0 Å². The Morgan fingerprint density at radius 3 is 2.29 bits per heavy atom. The Bertz CT molecular complexity index is 1650. The number of aryl methyl sites for hydroxylation is 1. The molecule has 6 rings (SSSR count). The van der Waals surface area contributed by atoms with Crippen LogP contribution in [0.15, 0.2) is 121 Å². The van der Waals surface area contributed by atoms with Crippen molar-refractivity contribution in [3.05, 3.63) is 149 Å². The van der Waals surface area contributed by atoms with Crippen molar-refractivity contribution in [2.24, 2.45) is 0 Å². The molecule has 1 amide bonds. The van der Waals surface area contributed by atoms with Gasteiger partial charge in [0.15, 0.2) is 5.54 Å². The van der Waals surface area contributed by atoms with E-state index in [4.69, 9.17) is 4.74 Å². The number of carbonyl (C=O) groups is 2. The Balaban J connectivity index is 1.59. The van der Waals surface area contributed by atoms with Gasteiger partial charge in [0.1, 0.15) is 5.75 Å². The Morgan fingerprint density at radius 2 is 1.53 bits per heavy atom. The van der Waals surface area contributed by atoms with Gasteiger partial charge >= 0.3 is 5.97 Å². The number of benzene rings is 5. The zero-order chi connectivity index (χ0) is 26.1. The van der Waals surface area contributed by atoms with Crippen LogP contribution in [-0.2, 0) is 11.2 Å². The van der Waals surface area contributed by atoms with Gasteiger partial charge < -0.3 is 10.1 Å². The van der Waals surface area contributed by atoms with Crippen molar-refractivity contribution in [2.45, 2.75) is 24.8 Å². The molecule has 0 saturated heterocycles. The van der Waals surface area contributed by atoms with E-state index in [1.807, 2.05) is 116 Å². The lowest BCUT2D eigenvalue weighted by Crippen LogP contribution is -2.63. The van der Waals surface area contributed by atoms with Gasteiger partial charge in [-0.2, -0.15) is 0 Å². The zero-order valence-electron chi connectivity index (χ0n) is 21.1. The van der Waals surface area contributed by atoms with Crippen LogP contribution in [0.25, 0.3) is 10.8 Å². The molecule has 0 spiro atoms. The Labute approximate surface area is 221 Å². The first-order valence-electron chi connectivity index (χ1n) is 12.8. The summed E-state index contributed by atoms with van der Waals surface area (Å²) in [5.41, 5.74) is 2.83. The maximum Gasteiger partial charge on any atom is 0.338 e. The molecule has 38 heavy (non-hydrogen) atoms. The van der Waals surface area contributed by atoms with Gasteiger partial charge in [-0.1, -0.05) is 115 Å². The number of hydrogen-bond donors (Lipinski definition) is 1. The van der Waals surface area contributed by atoms with Crippen molar-refractivity contribution in [1.82, 2.24) is 5.32 Å². The first-order valence-corrected chi connectivity index (χ1v) is 12.8. The quantitative estimate of drug-likeness (QED) is 0.220. The summed E-state index contributed by atoms with van der Waals surface area (Å²) < 4.78 is 6.19. The minimum atomic E-state index is -1.38. The summed E-state index contributed by atoms with van der Waals surface area (Å²) in [4.78, 5) is 28.1. The number of esters is 1. The Kier molecular flexibility index (Phi) is 6.01. The average Bonchev–Trinajstić information content (AvgIpc) is 2.95. The van der Waals surface area contributed by atoms with Crippen LogP contribution in [0.5, 0.6) is 5.75 Å². The topological polar surface area (TPSA) is 55.4 Å². The van der Waals surface area contributed by atoms with Crippen molar-refractivity contribution < 1.29 is 14.3 Å². The molecule has 0 saturated carbocycles. The molecule has 5 aromatic carbocycles. The predicted octanol–water partition coefficient (Wildman–Crippen LogP) is 6.61. The molecule has 0 aliphatic carbocycles. The summed E-state index contributed by atoms with van der Waals surface area (Å²) >= 11 is 0. The predicted molar refractivity (Wildman–Crippen MR) is 149 cm³/mol. The lowest BCUT2D eigenvalue weighted by Gasteiger charge is -2.44. The number of hydrogen-bond acceptors (Lipinski definition) is 3. The minimum absolute atomic E-state index is 0.274. The molecule has 1 N–H and O–H groups in total. The maximum absolute atomic E-state index is 14.3. The van der Waals surface area contributed by atoms with Crippen LogP contribution in [0.3, 0.4) is 0 Å². The molecule has 1 aliphatic heterocycles. The molecular weight excluding hydrogens is 470 g/mol. The monoisotopic (exact) mass is 497 g/mol. The second kappa shape index (κ2) is 9.64. The Morgan fingerprint density at radius 1 is 0.816 bits per heavy atom. The van der Waals surface area contributed by atoms with E-state index in [1.54, 1.807) is 6.07 Å². The first kappa shape index (κ1) is 23.7. The highest BCUT2D eigenvalue weighted by atomic mass is 16.5. The van der Waals surface area contributed by atoms with E-state index in [2.05, 4.69) is 11.4 Å². The van der Waals surface area contributed by atoms with Crippen LogP contribution in [-0.4, -0.2) is 17.4 Å². The van der Waals surface area contributed by atoms with E-state index in [9.17, 15) is 9.59 Å². The van der Waals surface area contributed by atoms with E-state index in [1.165, 1.54) is 0 Å². The molecule has 0 aromatic heterocycles. The molecule has 186 valence electrons. The van der Waals surface area contributed by atoms with Gasteiger partial charge in [-0.15, -0.1) is 0 Å². The largest absolute Gasteiger partial charge is 0.424 e. The van der Waals surface area contributed by atoms with Crippen LogP contribution < -0.4 is 10.1 Å². The number of nitrogens with one attached hydrogen (secondary N) is 1. The van der Waals surface area contributed by atoms with E-state index in [-0.39, 0.29) is 12.3 Å². The van der Waals surface area contributed by atoms with Gasteiger partial charge in [-0.25, -0.2) is 4.79 Å². The van der Waals surface area contributed by atoms with Crippen LogP contribution in [0.1, 0.15) is 38.5 Å². The standard InChI is InChI=1S/C34H27NO3/c1-23-11-10-17-27(21-23)32(36)35-34(22-24-12-4-2-5-13-24)30(26-15-6-3-7-16-26)29-20-19-25-14-8-9-18-28(25)31(29)38-33(34)37/h2-21,30H,22H2,1H3,(H,35,36)/t30-,34-/m0/s1. The van der Waals surface area contributed by atoms with E-state index < -0.39 is 17.4 Å². The molecule has 4 nitrogen and oxygen atoms in total. The first-order chi connectivity index (χ1) is 18.5. The second-order valence-corrected chi connectivity index (χ2v) is 9.90. The van der Waals surface area contributed by atoms with Crippen molar-refractivity contribution in [2.75, 3.05) is 0 Å². The Hall–Kier alpha value is -4.70. The molecule has 4 heteroatoms. The fourth-order valence-electron chi connectivity index (χ4n) is 5.60. The SMILES string of the molecule is Cc1cccc(C(=O)N[C@]2(Cc3ccccc3)C(=O)Oc3c(ccc4ccccc34)[C@@H]2c2ccccc2)c1. The highest BCUT2D eigenvalue weighted by Gasteiger charge is 2.54. The van der Waals surface area contributed by atoms with Gasteiger partial charge in [0, 0.05) is 28.9 Å². The molecule has 0 fully saturated rings. The molecule has 0 unspecified atom stereocenters. The maximum atomic E-state index is 14.3. The smallest absolute Gasteiger partial charge is 0.338 e. The fraction of sp³-hybridized carbons (Fsp3) is 0.118. The highest BCUT2D eigenvalue weighted by molar-refractivity contribution is 6.02. The summed E-state index contributed by atoms with van der Waals surface area (Å²) in [6.07, 6.45) is 0.274. The van der Waals surface area contributed by atoms with Crippen molar-refractivity contribution in [3.63, 3.8) is 0 Å². The third kappa shape index (κ3) is 4.14. The summed E-state index contributed by atoms with van der Waals surface area (Å²) in [6.45, 7) is 1.94. The number of rotatable bonds is 5. The molecule has 5 aromatic rings. The van der Waals surface area contributed by atoms with Crippen molar-refractivity contribution in [1.29, 1.82) is 0 Å². The van der Waals surface area contributed by atoms with Crippen LogP contribution >= 0.6 is 0 Å². The number of amides is 1. The van der Waals surface area contributed by atoms with Crippen molar-refractivity contribution in [3.8, 4) is 5.75 Å². The molecular formula is C34H27NO3. The summed E-state index contributed by atoms with van der Waals surface area (Å²) in [5, 5.41) is 5.06. The minimum Gasteiger partial charge on any atom is -0.424 e. The molecule has 1 heterocycles. The van der Waals surface area contributed by atoms with Crippen LogP contribution in [0.4, 0.5) is 0 Å². The molecule has 0 bridgehead atoms. The van der Waals surface area contributed by atoms with Crippen LogP contribution in [0, 0.1) is 6.92 Å². The summed E-state index contributed by atoms with van der Waals surface area (Å²) in [7, 11) is 0. The number of ether oxygens (including phenoxy) is 1. The summed E-state index contributed by atoms with van der Waals surface area (Å²) in [5.74, 6) is -0.708. The normalized spacial score (nSPS) is 18.4.